The van der Waals surface area contributed by atoms with Crippen molar-refractivity contribution in [2.75, 3.05) is 5.32 Å². The largest absolute Gasteiger partial charge is 0.433 e. The van der Waals surface area contributed by atoms with Gasteiger partial charge in [-0.3, -0.25) is 0 Å². The van der Waals surface area contributed by atoms with Crippen molar-refractivity contribution in [1.82, 2.24) is 9.97 Å². The Bertz CT molecular complexity index is 801. The maximum atomic E-state index is 13.1. The average Bonchev–Trinajstić information content (AvgIpc) is 3.07. The highest BCUT2D eigenvalue weighted by atomic mass is 32.1. The van der Waals surface area contributed by atoms with Crippen molar-refractivity contribution < 1.29 is 17.6 Å². The van der Waals surface area contributed by atoms with Gasteiger partial charge in [0.05, 0.1) is 6.04 Å². The first-order valence-electron chi connectivity index (χ1n) is 6.89. The predicted molar refractivity (Wildman–Crippen MR) is 83.2 cm³/mol. The fourth-order valence-electron chi connectivity index (χ4n) is 2.14. The molecule has 0 amide bonds. The third-order valence-electron chi connectivity index (χ3n) is 3.25. The summed E-state index contributed by atoms with van der Waals surface area (Å²) in [6, 6.07) is 9.72. The van der Waals surface area contributed by atoms with Gasteiger partial charge in [-0.25, -0.2) is 14.4 Å². The highest BCUT2D eigenvalue weighted by Crippen LogP contribution is 2.31. The number of nitrogens with one attached hydrogen (secondary N) is 1. The van der Waals surface area contributed by atoms with E-state index in [0.29, 0.717) is 5.56 Å². The maximum Gasteiger partial charge on any atom is 0.433 e. The van der Waals surface area contributed by atoms with E-state index in [1.54, 1.807) is 12.1 Å². The normalized spacial score (nSPS) is 12.8. The molecule has 2 heterocycles. The molecule has 124 valence electrons. The molecule has 1 N–H and O–H groups in total. The van der Waals surface area contributed by atoms with Crippen molar-refractivity contribution in [2.24, 2.45) is 0 Å². The van der Waals surface area contributed by atoms with E-state index < -0.39 is 17.9 Å². The average molecular weight is 353 g/mol. The molecule has 8 heteroatoms. The van der Waals surface area contributed by atoms with Crippen LogP contribution in [0.5, 0.6) is 0 Å². The first-order chi connectivity index (χ1) is 11.4. The summed E-state index contributed by atoms with van der Waals surface area (Å²) in [5.74, 6) is -0.536. The number of rotatable bonds is 4. The molecule has 0 aliphatic carbocycles. The van der Waals surface area contributed by atoms with Gasteiger partial charge in [0.25, 0.3) is 0 Å². The van der Waals surface area contributed by atoms with E-state index in [4.69, 9.17) is 0 Å². The van der Waals surface area contributed by atoms with Crippen LogP contribution in [0, 0.1) is 5.82 Å². The lowest BCUT2D eigenvalue weighted by Crippen LogP contribution is -2.16. The topological polar surface area (TPSA) is 37.8 Å². The van der Waals surface area contributed by atoms with E-state index >= 15 is 0 Å². The van der Waals surface area contributed by atoms with Crippen LogP contribution in [0.1, 0.15) is 22.2 Å². The zero-order valence-electron chi connectivity index (χ0n) is 12.1. The molecule has 0 saturated carbocycles. The number of alkyl halides is 3. The molecule has 0 aliphatic rings. The van der Waals surface area contributed by atoms with E-state index in [2.05, 4.69) is 15.3 Å². The highest BCUT2D eigenvalue weighted by Gasteiger charge is 2.33. The van der Waals surface area contributed by atoms with Gasteiger partial charge in [-0.2, -0.15) is 13.2 Å². The number of nitrogens with zero attached hydrogens (tertiary/aromatic N) is 2. The molecule has 0 fully saturated rings. The van der Waals surface area contributed by atoms with Crippen LogP contribution in [0.25, 0.3) is 0 Å². The second-order valence-electron chi connectivity index (χ2n) is 4.91. The molecule has 0 unspecified atom stereocenters. The summed E-state index contributed by atoms with van der Waals surface area (Å²) in [4.78, 5) is 8.22. The summed E-state index contributed by atoms with van der Waals surface area (Å²) >= 11 is 1.43. The van der Waals surface area contributed by atoms with Crippen molar-refractivity contribution >= 4 is 17.3 Å². The van der Waals surface area contributed by atoms with Crippen molar-refractivity contribution in [3.8, 4) is 0 Å². The van der Waals surface area contributed by atoms with Gasteiger partial charge >= 0.3 is 6.18 Å². The molecule has 1 aromatic carbocycles. The molecular weight excluding hydrogens is 342 g/mol. The van der Waals surface area contributed by atoms with Gasteiger partial charge in [0.1, 0.15) is 11.5 Å². The van der Waals surface area contributed by atoms with Crippen LogP contribution in [0.4, 0.5) is 23.5 Å². The summed E-state index contributed by atoms with van der Waals surface area (Å²) in [5.41, 5.74) is -0.330. The van der Waals surface area contributed by atoms with Crippen LogP contribution in [-0.4, -0.2) is 9.97 Å². The highest BCUT2D eigenvalue weighted by molar-refractivity contribution is 7.10. The first kappa shape index (κ1) is 16.4. The Morgan fingerprint density at radius 1 is 1.04 bits per heavy atom. The third-order valence-corrected chi connectivity index (χ3v) is 4.19. The van der Waals surface area contributed by atoms with E-state index in [9.17, 15) is 17.6 Å². The van der Waals surface area contributed by atoms with Crippen molar-refractivity contribution in [3.63, 3.8) is 0 Å². The summed E-state index contributed by atoms with van der Waals surface area (Å²) in [6.45, 7) is 0. The quantitative estimate of drug-likeness (QED) is 0.678. The number of aromatic nitrogens is 2. The van der Waals surface area contributed by atoms with Crippen LogP contribution >= 0.6 is 11.3 Å². The fourth-order valence-corrected chi connectivity index (χ4v) is 2.95. The van der Waals surface area contributed by atoms with Crippen LogP contribution < -0.4 is 5.32 Å². The zero-order valence-corrected chi connectivity index (χ0v) is 12.9. The van der Waals surface area contributed by atoms with Crippen molar-refractivity contribution in [1.29, 1.82) is 0 Å². The van der Waals surface area contributed by atoms with E-state index in [-0.39, 0.29) is 11.8 Å². The summed E-state index contributed by atoms with van der Waals surface area (Å²) < 4.78 is 51.5. The monoisotopic (exact) mass is 353 g/mol. The van der Waals surface area contributed by atoms with Gasteiger partial charge in [0.2, 0.25) is 5.95 Å². The summed E-state index contributed by atoms with van der Waals surface area (Å²) in [6.07, 6.45) is -3.50. The van der Waals surface area contributed by atoms with Crippen LogP contribution in [0.3, 0.4) is 0 Å². The number of halogens is 4. The molecule has 0 radical (unpaired) electrons. The third kappa shape index (κ3) is 3.70. The Morgan fingerprint density at radius 3 is 2.42 bits per heavy atom. The van der Waals surface area contributed by atoms with Gasteiger partial charge in [-0.15, -0.1) is 11.3 Å². The van der Waals surface area contributed by atoms with E-state index in [1.165, 1.54) is 23.5 Å². The van der Waals surface area contributed by atoms with Crippen molar-refractivity contribution in [2.45, 2.75) is 12.2 Å². The predicted octanol–water partition coefficient (Wildman–Crippen LogP) is 4.90. The van der Waals surface area contributed by atoms with Crippen LogP contribution in [0.15, 0.2) is 54.0 Å². The standard InChI is InChI=1S/C16H11F4N3S/c17-11-5-3-10(4-6-11)14(12-2-1-9-24-12)23-15-21-8-7-13(22-15)16(18,19)20/h1-9,14H,(H,21,22,23)/t14-/m0/s1. The fraction of sp³-hybridized carbons (Fsp3) is 0.125. The zero-order chi connectivity index (χ0) is 17.2. The van der Waals surface area contributed by atoms with Gasteiger partial charge < -0.3 is 5.32 Å². The van der Waals surface area contributed by atoms with Crippen molar-refractivity contribution in [3.05, 3.63) is 76.0 Å². The lowest BCUT2D eigenvalue weighted by molar-refractivity contribution is -0.141. The minimum absolute atomic E-state index is 0.146. The minimum Gasteiger partial charge on any atom is -0.342 e. The number of benzene rings is 1. The molecule has 3 nitrogen and oxygen atoms in total. The number of thiophene rings is 1. The smallest absolute Gasteiger partial charge is 0.342 e. The van der Waals surface area contributed by atoms with Gasteiger partial charge in [-0.05, 0) is 35.2 Å². The van der Waals surface area contributed by atoms with Gasteiger partial charge in [0, 0.05) is 11.1 Å². The van der Waals surface area contributed by atoms with E-state index in [1.807, 2.05) is 17.5 Å². The Hall–Kier alpha value is -2.48. The molecule has 3 rings (SSSR count). The second kappa shape index (κ2) is 6.56. The van der Waals surface area contributed by atoms with Crippen LogP contribution in [-0.2, 0) is 6.18 Å². The first-order valence-corrected chi connectivity index (χ1v) is 7.77. The lowest BCUT2D eigenvalue weighted by atomic mass is 10.1. The Kier molecular flexibility index (Phi) is 4.48. The maximum absolute atomic E-state index is 13.1. The summed E-state index contributed by atoms with van der Waals surface area (Å²) in [7, 11) is 0. The molecule has 0 aliphatic heterocycles. The molecule has 3 aromatic rings. The van der Waals surface area contributed by atoms with Crippen LogP contribution in [0.2, 0.25) is 0 Å². The van der Waals surface area contributed by atoms with Gasteiger partial charge in [0.15, 0.2) is 0 Å². The molecule has 1 atom stereocenters. The Morgan fingerprint density at radius 2 is 1.79 bits per heavy atom. The molecule has 0 spiro atoms. The number of anilines is 1. The number of hydrogen-bond acceptors (Lipinski definition) is 4. The van der Waals surface area contributed by atoms with E-state index in [0.717, 1.165) is 17.1 Å². The molecule has 24 heavy (non-hydrogen) atoms. The Labute approximate surface area is 139 Å². The minimum atomic E-state index is -4.55. The second-order valence-corrected chi connectivity index (χ2v) is 5.89. The lowest BCUT2D eigenvalue weighted by Gasteiger charge is -2.18. The summed E-state index contributed by atoms with van der Waals surface area (Å²) in [5, 5.41) is 4.74. The van der Waals surface area contributed by atoms with Gasteiger partial charge in [-0.1, -0.05) is 18.2 Å². The Balaban J connectivity index is 1.95. The molecule has 0 saturated heterocycles. The molecule has 2 aromatic heterocycles. The number of hydrogen-bond donors (Lipinski definition) is 1. The SMILES string of the molecule is Fc1ccc([C@H](Nc2nccc(C(F)(F)F)n2)c2cccs2)cc1. The molecular formula is C16H11F4N3S. The molecule has 0 bridgehead atoms.